The fraction of sp³-hybridized carbons (Fsp3) is 0.444. The summed E-state index contributed by atoms with van der Waals surface area (Å²) in [5, 5.41) is 13.2. The van der Waals surface area contributed by atoms with Crippen LogP contribution in [0.15, 0.2) is 36.5 Å². The lowest BCUT2D eigenvalue weighted by Gasteiger charge is -2.33. The van der Waals surface area contributed by atoms with Crippen molar-refractivity contribution in [2.24, 2.45) is 0 Å². The Labute approximate surface area is 143 Å². The zero-order valence-electron chi connectivity index (χ0n) is 14.3. The molecule has 6 nitrogen and oxygen atoms in total. The van der Waals surface area contributed by atoms with Crippen molar-refractivity contribution in [1.29, 1.82) is 0 Å². The molecule has 0 spiro atoms. The van der Waals surface area contributed by atoms with E-state index in [2.05, 4.69) is 38.4 Å². The number of anilines is 3. The molecule has 6 heteroatoms. The summed E-state index contributed by atoms with van der Waals surface area (Å²) in [5.74, 6) is 0.715. The van der Waals surface area contributed by atoms with Crippen molar-refractivity contribution in [3.8, 4) is 0 Å². The van der Waals surface area contributed by atoms with Crippen molar-refractivity contribution in [3.63, 3.8) is 0 Å². The molecule has 0 amide bonds. The molecule has 1 aromatic heterocycles. The molecular formula is C18H25N5O. The number of para-hydroxylation sites is 2. The average molecular weight is 327 g/mol. The van der Waals surface area contributed by atoms with Gasteiger partial charge in [-0.05, 0) is 31.0 Å². The molecule has 2 N–H and O–H groups in total. The third-order valence-corrected chi connectivity index (χ3v) is 4.27. The maximum atomic E-state index is 9.71. The van der Waals surface area contributed by atoms with E-state index < -0.39 is 0 Å². The second-order valence-electron chi connectivity index (χ2n) is 6.33. The monoisotopic (exact) mass is 327 g/mol. The highest BCUT2D eigenvalue weighted by molar-refractivity contribution is 5.70. The Balaban J connectivity index is 1.70. The van der Waals surface area contributed by atoms with Gasteiger partial charge in [0, 0.05) is 33.4 Å². The number of nitrogens with one attached hydrogen (secondary N) is 1. The van der Waals surface area contributed by atoms with E-state index in [1.165, 1.54) is 5.69 Å². The average Bonchev–Trinajstić information content (AvgIpc) is 2.61. The van der Waals surface area contributed by atoms with Gasteiger partial charge in [-0.1, -0.05) is 12.1 Å². The minimum Gasteiger partial charge on any atom is -0.393 e. The van der Waals surface area contributed by atoms with Crippen molar-refractivity contribution in [2.75, 3.05) is 42.3 Å². The van der Waals surface area contributed by atoms with Gasteiger partial charge < -0.3 is 20.2 Å². The second kappa shape index (κ2) is 7.49. The SMILES string of the molecule is CN(C)c1nccc(CNc2ccccc2N2CCC(O)CC2)n1. The summed E-state index contributed by atoms with van der Waals surface area (Å²) in [4.78, 5) is 13.0. The van der Waals surface area contributed by atoms with Crippen molar-refractivity contribution >= 4 is 17.3 Å². The van der Waals surface area contributed by atoms with Crippen LogP contribution < -0.4 is 15.1 Å². The molecule has 1 aromatic carbocycles. The summed E-state index contributed by atoms with van der Waals surface area (Å²) in [6, 6.07) is 10.2. The van der Waals surface area contributed by atoms with Crippen LogP contribution in [0.1, 0.15) is 18.5 Å². The van der Waals surface area contributed by atoms with Gasteiger partial charge in [0.25, 0.3) is 0 Å². The molecule has 1 fully saturated rings. The lowest BCUT2D eigenvalue weighted by Crippen LogP contribution is -2.36. The minimum atomic E-state index is -0.160. The standard InChI is InChI=1S/C18H25N5O/c1-22(2)18-19-10-7-14(21-18)13-20-16-5-3-4-6-17(16)23-11-8-15(24)9-12-23/h3-7,10,15,20,24H,8-9,11-13H2,1-2H3. The highest BCUT2D eigenvalue weighted by atomic mass is 16.3. The number of hydrogen-bond acceptors (Lipinski definition) is 6. The fourth-order valence-electron chi connectivity index (χ4n) is 2.89. The first-order valence-electron chi connectivity index (χ1n) is 8.38. The molecule has 0 saturated carbocycles. The smallest absolute Gasteiger partial charge is 0.225 e. The molecule has 1 saturated heterocycles. The number of benzene rings is 1. The van der Waals surface area contributed by atoms with Crippen LogP contribution in [0.4, 0.5) is 17.3 Å². The van der Waals surface area contributed by atoms with E-state index in [0.29, 0.717) is 12.5 Å². The van der Waals surface area contributed by atoms with E-state index >= 15 is 0 Å². The van der Waals surface area contributed by atoms with E-state index in [1.807, 2.05) is 31.1 Å². The number of hydrogen-bond donors (Lipinski definition) is 2. The van der Waals surface area contributed by atoms with E-state index in [4.69, 9.17) is 0 Å². The largest absolute Gasteiger partial charge is 0.393 e. The Morgan fingerprint density at radius 3 is 2.71 bits per heavy atom. The molecule has 0 bridgehead atoms. The first-order valence-corrected chi connectivity index (χ1v) is 8.38. The van der Waals surface area contributed by atoms with Crippen LogP contribution in [-0.4, -0.2) is 48.4 Å². The summed E-state index contributed by atoms with van der Waals surface area (Å²) < 4.78 is 0. The molecule has 2 aromatic rings. The fourth-order valence-corrected chi connectivity index (χ4v) is 2.89. The zero-order chi connectivity index (χ0) is 16.9. The molecule has 1 aliphatic rings. The van der Waals surface area contributed by atoms with Crippen LogP contribution in [-0.2, 0) is 6.54 Å². The van der Waals surface area contributed by atoms with E-state index in [-0.39, 0.29) is 6.10 Å². The Hall–Kier alpha value is -2.34. The predicted molar refractivity (Wildman–Crippen MR) is 97.6 cm³/mol. The van der Waals surface area contributed by atoms with Crippen molar-refractivity contribution in [2.45, 2.75) is 25.5 Å². The molecule has 0 aliphatic carbocycles. The lowest BCUT2D eigenvalue weighted by atomic mass is 10.1. The molecule has 0 unspecified atom stereocenters. The van der Waals surface area contributed by atoms with Crippen molar-refractivity contribution in [3.05, 3.63) is 42.2 Å². The first kappa shape index (κ1) is 16.5. The summed E-state index contributed by atoms with van der Waals surface area (Å²) in [6.07, 6.45) is 3.28. The van der Waals surface area contributed by atoms with E-state index in [1.54, 1.807) is 6.20 Å². The zero-order valence-corrected chi connectivity index (χ0v) is 14.3. The molecule has 24 heavy (non-hydrogen) atoms. The number of rotatable bonds is 5. The van der Waals surface area contributed by atoms with E-state index in [0.717, 1.165) is 37.3 Å². The summed E-state index contributed by atoms with van der Waals surface area (Å²) in [7, 11) is 3.87. The maximum absolute atomic E-state index is 9.71. The Kier molecular flexibility index (Phi) is 5.15. The van der Waals surface area contributed by atoms with Crippen LogP contribution in [0.3, 0.4) is 0 Å². The van der Waals surface area contributed by atoms with Gasteiger partial charge in [0.2, 0.25) is 5.95 Å². The highest BCUT2D eigenvalue weighted by Crippen LogP contribution is 2.28. The van der Waals surface area contributed by atoms with Gasteiger partial charge in [0.05, 0.1) is 29.7 Å². The second-order valence-corrected chi connectivity index (χ2v) is 6.33. The van der Waals surface area contributed by atoms with Crippen LogP contribution in [0, 0.1) is 0 Å². The van der Waals surface area contributed by atoms with Gasteiger partial charge in [-0.2, -0.15) is 0 Å². The van der Waals surface area contributed by atoms with Gasteiger partial charge in [-0.15, -0.1) is 0 Å². The predicted octanol–water partition coefficient (Wildman–Crippen LogP) is 2.12. The minimum absolute atomic E-state index is 0.160. The number of piperidine rings is 1. The van der Waals surface area contributed by atoms with Gasteiger partial charge in [-0.3, -0.25) is 0 Å². The molecule has 3 rings (SSSR count). The van der Waals surface area contributed by atoms with E-state index in [9.17, 15) is 5.11 Å². The van der Waals surface area contributed by atoms with Gasteiger partial charge in [0.15, 0.2) is 0 Å². The molecule has 128 valence electrons. The Morgan fingerprint density at radius 2 is 1.96 bits per heavy atom. The number of aliphatic hydroxyl groups is 1. The van der Waals surface area contributed by atoms with Crippen LogP contribution >= 0.6 is 0 Å². The molecule has 2 heterocycles. The normalized spacial score (nSPS) is 15.4. The quantitative estimate of drug-likeness (QED) is 0.877. The Bertz CT molecular complexity index is 668. The van der Waals surface area contributed by atoms with Crippen LogP contribution in [0.5, 0.6) is 0 Å². The summed E-state index contributed by atoms with van der Waals surface area (Å²) in [6.45, 7) is 2.42. The topological polar surface area (TPSA) is 64.5 Å². The highest BCUT2D eigenvalue weighted by Gasteiger charge is 2.19. The van der Waals surface area contributed by atoms with Gasteiger partial charge in [-0.25, -0.2) is 9.97 Å². The van der Waals surface area contributed by atoms with Gasteiger partial charge >= 0.3 is 0 Å². The number of aromatic nitrogens is 2. The first-order chi connectivity index (χ1) is 11.6. The number of aliphatic hydroxyl groups excluding tert-OH is 1. The maximum Gasteiger partial charge on any atom is 0.225 e. The summed E-state index contributed by atoms with van der Waals surface area (Å²) in [5.41, 5.74) is 3.24. The molecule has 1 aliphatic heterocycles. The molecule has 0 atom stereocenters. The van der Waals surface area contributed by atoms with Crippen molar-refractivity contribution < 1.29 is 5.11 Å². The summed E-state index contributed by atoms with van der Waals surface area (Å²) >= 11 is 0. The van der Waals surface area contributed by atoms with Crippen LogP contribution in [0.25, 0.3) is 0 Å². The third-order valence-electron chi connectivity index (χ3n) is 4.27. The molecular weight excluding hydrogens is 302 g/mol. The molecule has 0 radical (unpaired) electrons. The lowest BCUT2D eigenvalue weighted by molar-refractivity contribution is 0.145. The van der Waals surface area contributed by atoms with Crippen LogP contribution in [0.2, 0.25) is 0 Å². The van der Waals surface area contributed by atoms with Gasteiger partial charge in [0.1, 0.15) is 0 Å². The third kappa shape index (κ3) is 3.94. The van der Waals surface area contributed by atoms with Crippen molar-refractivity contribution in [1.82, 2.24) is 9.97 Å². The number of nitrogens with zero attached hydrogens (tertiary/aromatic N) is 4. The Morgan fingerprint density at radius 1 is 1.21 bits per heavy atom.